The fraction of sp³-hybridized carbons (Fsp3) is 0.779. The molecule has 0 radical (unpaired) electrons. The second-order valence-corrected chi connectivity index (χ2v) is 24.1. The molecule has 6 heteroatoms. The van der Waals surface area contributed by atoms with Crippen LogP contribution in [0.15, 0.2) is 85.1 Å². The molecule has 83 heavy (non-hydrogen) atoms. The van der Waals surface area contributed by atoms with Crippen LogP contribution >= 0.6 is 0 Å². The summed E-state index contributed by atoms with van der Waals surface area (Å²) >= 11 is 0. The van der Waals surface area contributed by atoms with Crippen LogP contribution in [0.3, 0.4) is 0 Å². The zero-order chi connectivity index (χ0) is 59.9. The summed E-state index contributed by atoms with van der Waals surface area (Å²) in [6.07, 6.45) is 94.8. The molecule has 0 saturated heterocycles. The lowest BCUT2D eigenvalue weighted by atomic mass is 10.0. The second kappa shape index (κ2) is 71.1. The number of ether oxygens (including phenoxy) is 3. The smallest absolute Gasteiger partial charge is 0.306 e. The van der Waals surface area contributed by atoms with E-state index in [1.54, 1.807) is 0 Å². The van der Waals surface area contributed by atoms with Crippen molar-refractivity contribution in [3.63, 3.8) is 0 Å². The highest BCUT2D eigenvalue weighted by molar-refractivity contribution is 5.71. The first-order chi connectivity index (χ1) is 41.0. The second-order valence-electron chi connectivity index (χ2n) is 24.1. The molecule has 0 aliphatic rings. The van der Waals surface area contributed by atoms with Gasteiger partial charge in [-0.25, -0.2) is 0 Å². The minimum Gasteiger partial charge on any atom is -0.462 e. The van der Waals surface area contributed by atoms with E-state index in [-0.39, 0.29) is 31.1 Å². The van der Waals surface area contributed by atoms with Crippen LogP contribution in [0.2, 0.25) is 0 Å². The van der Waals surface area contributed by atoms with Gasteiger partial charge in [0.1, 0.15) is 13.2 Å². The molecule has 6 nitrogen and oxygen atoms in total. The molecular weight excluding hydrogens is 1020 g/mol. The third kappa shape index (κ3) is 69.3. The van der Waals surface area contributed by atoms with Crippen LogP contribution in [-0.2, 0) is 28.6 Å². The van der Waals surface area contributed by atoms with Gasteiger partial charge >= 0.3 is 17.9 Å². The molecule has 1 atom stereocenters. The van der Waals surface area contributed by atoms with Crippen molar-refractivity contribution >= 4 is 17.9 Å². The number of hydrogen-bond acceptors (Lipinski definition) is 6. The third-order valence-corrected chi connectivity index (χ3v) is 15.9. The Morgan fingerprint density at radius 2 is 0.470 bits per heavy atom. The fourth-order valence-electron chi connectivity index (χ4n) is 10.5. The molecule has 0 saturated carbocycles. The van der Waals surface area contributed by atoms with Gasteiger partial charge in [0.05, 0.1) is 0 Å². The number of esters is 3. The van der Waals surface area contributed by atoms with Crippen LogP contribution in [0.25, 0.3) is 0 Å². The van der Waals surface area contributed by atoms with E-state index >= 15 is 0 Å². The van der Waals surface area contributed by atoms with Crippen LogP contribution in [0.5, 0.6) is 0 Å². The molecule has 0 bridgehead atoms. The molecule has 0 aromatic rings. The summed E-state index contributed by atoms with van der Waals surface area (Å²) in [5, 5.41) is 0. The van der Waals surface area contributed by atoms with E-state index in [4.69, 9.17) is 14.2 Å². The predicted molar refractivity (Wildman–Crippen MR) is 362 cm³/mol. The molecule has 0 N–H and O–H groups in total. The maximum atomic E-state index is 12.9. The summed E-state index contributed by atoms with van der Waals surface area (Å²) in [6, 6.07) is 0. The van der Waals surface area contributed by atoms with Gasteiger partial charge in [0, 0.05) is 19.3 Å². The lowest BCUT2D eigenvalue weighted by molar-refractivity contribution is -0.167. The Labute approximate surface area is 515 Å². The van der Waals surface area contributed by atoms with Crippen molar-refractivity contribution in [3.8, 4) is 0 Å². The number of carbonyl (C=O) groups is 3. The van der Waals surface area contributed by atoms with Crippen molar-refractivity contribution in [2.45, 2.75) is 374 Å². The molecule has 0 rings (SSSR count). The molecule has 1 unspecified atom stereocenters. The maximum Gasteiger partial charge on any atom is 0.306 e. The minimum atomic E-state index is -0.774. The van der Waals surface area contributed by atoms with Gasteiger partial charge in [-0.15, -0.1) is 0 Å². The number of rotatable bonds is 66. The lowest BCUT2D eigenvalue weighted by Crippen LogP contribution is -2.30. The zero-order valence-corrected chi connectivity index (χ0v) is 55.2. The molecule has 480 valence electrons. The van der Waals surface area contributed by atoms with E-state index in [9.17, 15) is 14.4 Å². The third-order valence-electron chi connectivity index (χ3n) is 15.9. The van der Waals surface area contributed by atoms with Crippen LogP contribution < -0.4 is 0 Å². The molecule has 0 spiro atoms. The van der Waals surface area contributed by atoms with Crippen LogP contribution in [0, 0.1) is 0 Å². The summed E-state index contributed by atoms with van der Waals surface area (Å²) in [6.45, 7) is 6.57. The van der Waals surface area contributed by atoms with E-state index in [1.165, 1.54) is 225 Å². The SMILES string of the molecule is CC/C=C\C/C=C\C/C=C\C/C=C\C/C=C\C/C=C\C/C=C\CCCCCCCCCCCCCC(=O)OCC(COC(=O)CCCCCCCCCCCC)OC(=O)CCCCCCCCCCCCCCCCCCCCCCCC. The average Bonchev–Trinajstić information content (AvgIpc) is 3.49. The average molecular weight is 1160 g/mol. The predicted octanol–water partition coefficient (Wildman–Crippen LogP) is 25.0. The highest BCUT2D eigenvalue weighted by Gasteiger charge is 2.19. The molecule has 0 aliphatic carbocycles. The Bertz CT molecular complexity index is 1570. The highest BCUT2D eigenvalue weighted by atomic mass is 16.6. The molecule has 0 amide bonds. The number of carbonyl (C=O) groups excluding carboxylic acids is 3. The Morgan fingerprint density at radius 3 is 0.735 bits per heavy atom. The maximum absolute atomic E-state index is 12.9. The largest absolute Gasteiger partial charge is 0.462 e. The summed E-state index contributed by atoms with van der Waals surface area (Å²) in [4.78, 5) is 38.4. The molecular formula is C77H136O6. The Hall–Kier alpha value is -3.41. The van der Waals surface area contributed by atoms with Crippen molar-refractivity contribution < 1.29 is 28.6 Å². The molecule has 0 fully saturated rings. The minimum absolute atomic E-state index is 0.0708. The molecule has 0 aromatic heterocycles. The van der Waals surface area contributed by atoms with E-state index in [0.717, 1.165) is 103 Å². The fourth-order valence-corrected chi connectivity index (χ4v) is 10.5. The van der Waals surface area contributed by atoms with Crippen LogP contribution in [-0.4, -0.2) is 37.2 Å². The van der Waals surface area contributed by atoms with Crippen molar-refractivity contribution in [2.75, 3.05) is 13.2 Å². The summed E-state index contributed by atoms with van der Waals surface area (Å²) in [5.74, 6) is -0.854. The molecule has 0 aromatic carbocycles. The van der Waals surface area contributed by atoms with Gasteiger partial charge in [0.25, 0.3) is 0 Å². The van der Waals surface area contributed by atoms with E-state index < -0.39 is 6.10 Å². The zero-order valence-electron chi connectivity index (χ0n) is 55.2. The first-order valence-corrected chi connectivity index (χ1v) is 36.1. The Morgan fingerprint density at radius 1 is 0.253 bits per heavy atom. The van der Waals surface area contributed by atoms with E-state index in [2.05, 4.69) is 106 Å². The first kappa shape index (κ1) is 79.6. The van der Waals surface area contributed by atoms with Gasteiger partial charge in [-0.3, -0.25) is 14.4 Å². The lowest BCUT2D eigenvalue weighted by Gasteiger charge is -2.18. The standard InChI is InChI=1S/C77H136O6/c1-4-7-10-13-16-19-22-24-26-28-30-32-34-35-36-37-38-39-40-41-42-43-44-46-47-49-51-53-55-58-61-64-67-70-76(79)82-73-74(72-81-75(78)69-66-63-60-57-21-18-15-12-9-6-3)83-77(80)71-68-65-62-59-56-54-52-50-48-45-33-31-29-27-25-23-20-17-14-11-8-5-2/h7,10,16,19,24,26,30,32,35-36,38-39,41-42,74H,4-6,8-9,11-15,17-18,20-23,25,27-29,31,33-34,37,40,43-73H2,1-3H3/b10-7-,19-16-,26-24-,32-30-,36-35-,39-38-,42-41-. The van der Waals surface area contributed by atoms with Gasteiger partial charge in [-0.1, -0.05) is 356 Å². The molecule has 0 aliphatic heterocycles. The monoisotopic (exact) mass is 1160 g/mol. The normalized spacial score (nSPS) is 12.6. The van der Waals surface area contributed by atoms with Gasteiger partial charge < -0.3 is 14.2 Å². The topological polar surface area (TPSA) is 78.9 Å². The molecule has 0 heterocycles. The van der Waals surface area contributed by atoms with Gasteiger partial charge in [-0.2, -0.15) is 0 Å². The van der Waals surface area contributed by atoms with Crippen LogP contribution in [0.1, 0.15) is 367 Å². The highest BCUT2D eigenvalue weighted by Crippen LogP contribution is 2.18. The number of allylic oxidation sites excluding steroid dienone is 14. The van der Waals surface area contributed by atoms with Crippen molar-refractivity contribution in [2.24, 2.45) is 0 Å². The van der Waals surface area contributed by atoms with Gasteiger partial charge in [0.2, 0.25) is 0 Å². The summed E-state index contributed by atoms with van der Waals surface area (Å²) in [5.41, 5.74) is 0. The number of hydrogen-bond donors (Lipinski definition) is 0. The van der Waals surface area contributed by atoms with Crippen molar-refractivity contribution in [1.82, 2.24) is 0 Å². The first-order valence-electron chi connectivity index (χ1n) is 36.1. The van der Waals surface area contributed by atoms with Crippen molar-refractivity contribution in [1.29, 1.82) is 0 Å². The summed E-state index contributed by atoms with van der Waals surface area (Å²) in [7, 11) is 0. The van der Waals surface area contributed by atoms with Crippen molar-refractivity contribution in [3.05, 3.63) is 85.1 Å². The van der Waals surface area contributed by atoms with Gasteiger partial charge in [-0.05, 0) is 77.0 Å². The Kier molecular flexibility index (Phi) is 68.2. The summed E-state index contributed by atoms with van der Waals surface area (Å²) < 4.78 is 17.0. The van der Waals surface area contributed by atoms with E-state index in [1.807, 2.05) is 0 Å². The van der Waals surface area contributed by atoms with Gasteiger partial charge in [0.15, 0.2) is 6.10 Å². The van der Waals surface area contributed by atoms with E-state index in [0.29, 0.717) is 19.3 Å². The quantitative estimate of drug-likeness (QED) is 0.0261. The van der Waals surface area contributed by atoms with Crippen LogP contribution in [0.4, 0.5) is 0 Å². The number of unbranched alkanes of at least 4 members (excludes halogenated alkanes) is 41. The Balaban J connectivity index is 4.16.